The predicted octanol–water partition coefficient (Wildman–Crippen LogP) is 1.73. The molecule has 1 atom stereocenters. The molecule has 0 bridgehead atoms. The number of carbonyl (C=O) groups excluding carboxylic acids is 2. The van der Waals surface area contributed by atoms with Crippen molar-refractivity contribution in [3.05, 3.63) is 47.0 Å². The van der Waals surface area contributed by atoms with Crippen molar-refractivity contribution in [1.82, 2.24) is 0 Å². The maximum atomic E-state index is 12.8. The summed E-state index contributed by atoms with van der Waals surface area (Å²) in [6.45, 7) is 3.19. The van der Waals surface area contributed by atoms with Crippen molar-refractivity contribution in [2.45, 2.75) is 25.6 Å². The van der Waals surface area contributed by atoms with E-state index in [2.05, 4.69) is 4.89 Å². The fourth-order valence-electron chi connectivity index (χ4n) is 2.83. The lowest BCUT2D eigenvalue weighted by molar-refractivity contribution is -0.462. The largest absolute Gasteiger partial charge is 0.462 e. The van der Waals surface area contributed by atoms with Gasteiger partial charge in [-0.2, -0.15) is 4.89 Å². The Hall–Kier alpha value is -2.30. The van der Waals surface area contributed by atoms with Crippen molar-refractivity contribution in [3.8, 4) is 0 Å². The molecule has 0 saturated carbocycles. The molecular formula is C18H22O9. The number of carbonyl (C=O) groups is 2. The van der Waals surface area contributed by atoms with Crippen LogP contribution in [0.3, 0.4) is 0 Å². The monoisotopic (exact) mass is 382 g/mol. The standard InChI is InChI=1S/C18H22O9/c1-5-24-15(19)13-14(16(20)25-6-2)18(22-3,23-4)26-17(13,27-21)12-10-8-7-9-11-12/h7-11,21H,5-6H2,1-4H3. The maximum Gasteiger partial charge on any atom is 0.343 e. The Morgan fingerprint density at radius 1 is 0.963 bits per heavy atom. The molecule has 9 nitrogen and oxygen atoms in total. The van der Waals surface area contributed by atoms with Crippen LogP contribution in [0.5, 0.6) is 0 Å². The SMILES string of the molecule is CCOC(=O)C1=C(C(=O)OCC)C(OO)(c2ccccc2)OC1(OC)OC. The Morgan fingerprint density at radius 2 is 1.48 bits per heavy atom. The first-order chi connectivity index (χ1) is 13.0. The van der Waals surface area contributed by atoms with Gasteiger partial charge in [-0.3, -0.25) is 4.74 Å². The molecule has 0 aliphatic carbocycles. The summed E-state index contributed by atoms with van der Waals surface area (Å²) in [5, 5.41) is 9.78. The Kier molecular flexibility index (Phi) is 6.68. The van der Waals surface area contributed by atoms with Crippen molar-refractivity contribution < 1.29 is 43.4 Å². The molecular weight excluding hydrogens is 360 g/mol. The quantitative estimate of drug-likeness (QED) is 0.311. The van der Waals surface area contributed by atoms with Crippen molar-refractivity contribution in [3.63, 3.8) is 0 Å². The highest BCUT2D eigenvalue weighted by atomic mass is 17.2. The van der Waals surface area contributed by atoms with Gasteiger partial charge in [-0.05, 0) is 13.8 Å². The molecule has 9 heteroatoms. The molecule has 1 aliphatic heterocycles. The third kappa shape index (κ3) is 3.47. The number of benzene rings is 1. The Balaban J connectivity index is 2.84. The first kappa shape index (κ1) is 21.0. The van der Waals surface area contributed by atoms with Gasteiger partial charge >= 0.3 is 17.9 Å². The van der Waals surface area contributed by atoms with Crippen molar-refractivity contribution in [2.24, 2.45) is 0 Å². The maximum absolute atomic E-state index is 12.8. The summed E-state index contributed by atoms with van der Waals surface area (Å²) >= 11 is 0. The molecule has 0 aromatic heterocycles. The summed E-state index contributed by atoms with van der Waals surface area (Å²) < 4.78 is 26.4. The second kappa shape index (κ2) is 8.59. The smallest absolute Gasteiger partial charge is 0.343 e. The third-order valence-corrected chi connectivity index (χ3v) is 3.94. The van der Waals surface area contributed by atoms with Gasteiger partial charge in [0.1, 0.15) is 11.1 Å². The number of esters is 2. The molecule has 1 unspecified atom stereocenters. The summed E-state index contributed by atoms with van der Waals surface area (Å²) in [7, 11) is 2.40. The van der Waals surface area contributed by atoms with E-state index < -0.39 is 34.8 Å². The van der Waals surface area contributed by atoms with Gasteiger partial charge in [0.25, 0.3) is 5.79 Å². The van der Waals surface area contributed by atoms with Gasteiger partial charge in [0.15, 0.2) is 0 Å². The predicted molar refractivity (Wildman–Crippen MR) is 90.0 cm³/mol. The fraction of sp³-hybridized carbons (Fsp3) is 0.444. The average molecular weight is 382 g/mol. The van der Waals surface area contributed by atoms with Gasteiger partial charge < -0.3 is 18.9 Å². The second-order valence-corrected chi connectivity index (χ2v) is 5.33. The Labute approximate surface area is 156 Å². The number of ether oxygens (including phenoxy) is 5. The molecule has 0 saturated heterocycles. The van der Waals surface area contributed by atoms with Gasteiger partial charge in [0.05, 0.1) is 13.2 Å². The zero-order valence-corrected chi connectivity index (χ0v) is 15.5. The lowest BCUT2D eigenvalue weighted by Gasteiger charge is -2.32. The fourth-order valence-corrected chi connectivity index (χ4v) is 2.83. The molecule has 0 amide bonds. The van der Waals surface area contributed by atoms with Gasteiger partial charge in [-0.15, -0.1) is 0 Å². The first-order valence-corrected chi connectivity index (χ1v) is 8.24. The summed E-state index contributed by atoms with van der Waals surface area (Å²) in [6, 6.07) is 8.03. The van der Waals surface area contributed by atoms with E-state index in [1.807, 2.05) is 0 Å². The summed E-state index contributed by atoms with van der Waals surface area (Å²) in [4.78, 5) is 30.1. The van der Waals surface area contributed by atoms with Gasteiger partial charge in [-0.1, -0.05) is 30.3 Å². The van der Waals surface area contributed by atoms with Crippen LogP contribution < -0.4 is 0 Å². The second-order valence-electron chi connectivity index (χ2n) is 5.33. The van der Waals surface area contributed by atoms with E-state index in [9.17, 15) is 14.8 Å². The number of rotatable bonds is 8. The van der Waals surface area contributed by atoms with E-state index >= 15 is 0 Å². The number of hydrogen-bond donors (Lipinski definition) is 1. The average Bonchev–Trinajstić information content (AvgIpc) is 3.01. The van der Waals surface area contributed by atoms with Crippen LogP contribution in [0.4, 0.5) is 0 Å². The van der Waals surface area contributed by atoms with E-state index in [4.69, 9.17) is 23.7 Å². The van der Waals surface area contributed by atoms with Gasteiger partial charge in [0, 0.05) is 19.8 Å². The molecule has 2 rings (SSSR count). The Bertz CT molecular complexity index is 709. The van der Waals surface area contributed by atoms with E-state index in [1.165, 1.54) is 26.4 Å². The molecule has 148 valence electrons. The lowest BCUT2D eigenvalue weighted by Crippen LogP contribution is -2.43. The molecule has 0 radical (unpaired) electrons. The molecule has 27 heavy (non-hydrogen) atoms. The summed E-state index contributed by atoms with van der Waals surface area (Å²) in [5.41, 5.74) is -0.667. The number of hydrogen-bond acceptors (Lipinski definition) is 9. The minimum absolute atomic E-state index is 0.00169. The van der Waals surface area contributed by atoms with E-state index in [0.717, 1.165) is 0 Å². The molecule has 1 N–H and O–H groups in total. The van der Waals surface area contributed by atoms with E-state index in [1.54, 1.807) is 32.0 Å². The normalized spacial score (nSPS) is 21.2. The van der Waals surface area contributed by atoms with Crippen molar-refractivity contribution in [1.29, 1.82) is 0 Å². The zero-order valence-electron chi connectivity index (χ0n) is 15.5. The van der Waals surface area contributed by atoms with Crippen LogP contribution in [0.2, 0.25) is 0 Å². The first-order valence-electron chi connectivity index (χ1n) is 8.24. The minimum atomic E-state index is -2.23. The van der Waals surface area contributed by atoms with Crippen LogP contribution in [-0.2, 0) is 43.9 Å². The number of methoxy groups -OCH3 is 2. The molecule has 0 spiro atoms. The molecule has 1 aromatic carbocycles. The van der Waals surface area contributed by atoms with Crippen LogP contribution in [0, 0.1) is 0 Å². The minimum Gasteiger partial charge on any atom is -0.462 e. The van der Waals surface area contributed by atoms with Crippen LogP contribution in [0.15, 0.2) is 41.5 Å². The summed E-state index contributed by atoms with van der Waals surface area (Å²) in [5.74, 6) is -6.32. The lowest BCUT2D eigenvalue weighted by atomic mass is 9.94. The van der Waals surface area contributed by atoms with Crippen LogP contribution in [0.1, 0.15) is 19.4 Å². The Morgan fingerprint density at radius 3 is 1.93 bits per heavy atom. The third-order valence-electron chi connectivity index (χ3n) is 3.94. The molecule has 0 fully saturated rings. The van der Waals surface area contributed by atoms with Crippen LogP contribution in [0.25, 0.3) is 0 Å². The molecule has 1 aliphatic rings. The van der Waals surface area contributed by atoms with Crippen molar-refractivity contribution in [2.75, 3.05) is 27.4 Å². The van der Waals surface area contributed by atoms with E-state index in [-0.39, 0.29) is 18.8 Å². The van der Waals surface area contributed by atoms with Crippen molar-refractivity contribution >= 4 is 11.9 Å². The molecule has 1 aromatic rings. The summed E-state index contributed by atoms with van der Waals surface area (Å²) in [6.07, 6.45) is 0. The van der Waals surface area contributed by atoms with Gasteiger partial charge in [-0.25, -0.2) is 14.8 Å². The molecule has 1 heterocycles. The zero-order chi connectivity index (χ0) is 20.1. The van der Waals surface area contributed by atoms with E-state index in [0.29, 0.717) is 0 Å². The topological polar surface area (TPSA) is 110 Å². The highest BCUT2D eigenvalue weighted by Gasteiger charge is 2.65. The highest BCUT2D eigenvalue weighted by Crippen LogP contribution is 2.50. The van der Waals surface area contributed by atoms with Crippen LogP contribution >= 0.6 is 0 Å². The van der Waals surface area contributed by atoms with Gasteiger partial charge in [0.2, 0.25) is 0 Å². The van der Waals surface area contributed by atoms with Crippen LogP contribution in [-0.4, -0.2) is 50.6 Å². The highest BCUT2D eigenvalue weighted by molar-refractivity contribution is 6.03.